The molecule has 0 radical (unpaired) electrons. The Bertz CT molecular complexity index is 935. The Hall–Kier alpha value is -2.05. The van der Waals surface area contributed by atoms with Gasteiger partial charge in [0.1, 0.15) is 11.6 Å². The number of hydrogen-bond donors (Lipinski definition) is 1. The van der Waals surface area contributed by atoms with E-state index in [0.29, 0.717) is 29.4 Å². The van der Waals surface area contributed by atoms with E-state index in [1.165, 1.54) is 6.07 Å². The highest BCUT2D eigenvalue weighted by Gasteiger charge is 2.08. The SMILES string of the molecule is O=C(COc1ccc2ccccc2c1Br)NCCSCc1ccccc1F. The lowest BCUT2D eigenvalue weighted by Crippen LogP contribution is -2.30. The molecule has 0 bridgehead atoms. The fourth-order valence-corrected chi connectivity index (χ4v) is 4.03. The smallest absolute Gasteiger partial charge is 0.257 e. The molecule has 0 atom stereocenters. The summed E-state index contributed by atoms with van der Waals surface area (Å²) in [7, 11) is 0. The summed E-state index contributed by atoms with van der Waals surface area (Å²) >= 11 is 5.12. The molecule has 27 heavy (non-hydrogen) atoms. The Kier molecular flexibility index (Phi) is 7.12. The van der Waals surface area contributed by atoms with Gasteiger partial charge in [-0.05, 0) is 44.4 Å². The van der Waals surface area contributed by atoms with E-state index in [0.717, 1.165) is 15.2 Å². The van der Waals surface area contributed by atoms with Crippen LogP contribution in [0.3, 0.4) is 0 Å². The van der Waals surface area contributed by atoms with Gasteiger partial charge >= 0.3 is 0 Å². The monoisotopic (exact) mass is 447 g/mol. The average molecular weight is 448 g/mol. The number of benzene rings is 3. The van der Waals surface area contributed by atoms with Crippen molar-refractivity contribution < 1.29 is 13.9 Å². The third-order valence-electron chi connectivity index (χ3n) is 3.97. The lowest BCUT2D eigenvalue weighted by Gasteiger charge is -2.11. The van der Waals surface area contributed by atoms with Crippen LogP contribution in [0.15, 0.2) is 65.1 Å². The molecule has 0 aliphatic carbocycles. The molecule has 0 heterocycles. The molecule has 0 aliphatic heterocycles. The summed E-state index contributed by atoms with van der Waals surface area (Å²) in [5.41, 5.74) is 0.679. The summed E-state index contributed by atoms with van der Waals surface area (Å²) in [6, 6.07) is 18.5. The molecular formula is C21H19BrFNO2S. The van der Waals surface area contributed by atoms with Crippen molar-refractivity contribution in [3.63, 3.8) is 0 Å². The molecule has 3 aromatic carbocycles. The highest BCUT2D eigenvalue weighted by Crippen LogP contribution is 2.32. The molecule has 0 unspecified atom stereocenters. The first-order valence-electron chi connectivity index (χ1n) is 8.53. The summed E-state index contributed by atoms with van der Waals surface area (Å²) < 4.78 is 20.0. The number of rotatable bonds is 8. The summed E-state index contributed by atoms with van der Waals surface area (Å²) in [5, 5.41) is 4.96. The minimum Gasteiger partial charge on any atom is -0.483 e. The second-order valence-corrected chi connectivity index (χ2v) is 7.78. The van der Waals surface area contributed by atoms with Crippen LogP contribution in [-0.4, -0.2) is 24.8 Å². The van der Waals surface area contributed by atoms with Crippen LogP contribution in [0, 0.1) is 5.82 Å². The molecule has 6 heteroatoms. The Morgan fingerprint density at radius 3 is 2.70 bits per heavy atom. The third-order valence-corrected chi connectivity index (χ3v) is 5.80. The van der Waals surface area contributed by atoms with E-state index in [4.69, 9.17) is 4.74 Å². The van der Waals surface area contributed by atoms with E-state index in [1.54, 1.807) is 23.9 Å². The number of amides is 1. The van der Waals surface area contributed by atoms with Crippen molar-refractivity contribution in [1.29, 1.82) is 0 Å². The second kappa shape index (κ2) is 9.76. The fourth-order valence-electron chi connectivity index (χ4n) is 2.58. The standard InChI is InChI=1S/C21H19BrFNO2S/c22-21-17-7-3-1-5-15(17)9-10-19(21)26-13-20(25)24-11-12-27-14-16-6-2-4-8-18(16)23/h1-10H,11-14H2,(H,24,25). The van der Waals surface area contributed by atoms with Gasteiger partial charge in [0.25, 0.3) is 5.91 Å². The minimum absolute atomic E-state index is 0.0467. The molecule has 0 saturated heterocycles. The van der Waals surface area contributed by atoms with E-state index < -0.39 is 0 Å². The zero-order valence-corrected chi connectivity index (χ0v) is 17.0. The molecule has 0 saturated carbocycles. The largest absolute Gasteiger partial charge is 0.483 e. The average Bonchev–Trinajstić information content (AvgIpc) is 2.69. The molecule has 140 valence electrons. The van der Waals surface area contributed by atoms with Crippen LogP contribution in [0.1, 0.15) is 5.56 Å². The predicted octanol–water partition coefficient (Wildman–Crippen LogP) is 5.17. The molecule has 1 amide bonds. The van der Waals surface area contributed by atoms with Crippen LogP contribution in [-0.2, 0) is 10.5 Å². The molecular weight excluding hydrogens is 429 g/mol. The number of thioether (sulfide) groups is 1. The molecule has 3 aromatic rings. The van der Waals surface area contributed by atoms with Gasteiger partial charge < -0.3 is 10.1 Å². The van der Waals surface area contributed by atoms with Crippen LogP contribution in [0.2, 0.25) is 0 Å². The lowest BCUT2D eigenvalue weighted by atomic mass is 10.1. The summed E-state index contributed by atoms with van der Waals surface area (Å²) in [6.07, 6.45) is 0. The van der Waals surface area contributed by atoms with Crippen LogP contribution in [0.25, 0.3) is 10.8 Å². The number of halogens is 2. The number of hydrogen-bond acceptors (Lipinski definition) is 3. The Labute approximate surface area is 170 Å². The highest BCUT2D eigenvalue weighted by atomic mass is 79.9. The van der Waals surface area contributed by atoms with Crippen molar-refractivity contribution in [3.8, 4) is 5.75 Å². The van der Waals surface area contributed by atoms with Crippen LogP contribution >= 0.6 is 27.7 Å². The van der Waals surface area contributed by atoms with Gasteiger partial charge in [-0.15, -0.1) is 0 Å². The second-order valence-electron chi connectivity index (χ2n) is 5.88. The van der Waals surface area contributed by atoms with Gasteiger partial charge in [0, 0.05) is 18.1 Å². The highest BCUT2D eigenvalue weighted by molar-refractivity contribution is 9.10. The van der Waals surface area contributed by atoms with Gasteiger partial charge in [0.15, 0.2) is 6.61 Å². The van der Waals surface area contributed by atoms with Gasteiger partial charge in [-0.2, -0.15) is 11.8 Å². The molecule has 0 aromatic heterocycles. The number of ether oxygens (including phenoxy) is 1. The van der Waals surface area contributed by atoms with Crippen LogP contribution in [0.4, 0.5) is 4.39 Å². The predicted molar refractivity (Wildman–Crippen MR) is 113 cm³/mol. The van der Waals surface area contributed by atoms with Gasteiger partial charge in [-0.25, -0.2) is 4.39 Å². The van der Waals surface area contributed by atoms with E-state index in [-0.39, 0.29) is 18.3 Å². The number of fused-ring (bicyclic) bond motifs is 1. The zero-order valence-electron chi connectivity index (χ0n) is 14.6. The maximum Gasteiger partial charge on any atom is 0.257 e. The molecule has 0 aliphatic rings. The van der Waals surface area contributed by atoms with E-state index >= 15 is 0 Å². The third kappa shape index (κ3) is 5.47. The van der Waals surface area contributed by atoms with Gasteiger partial charge in [0.2, 0.25) is 0 Å². The van der Waals surface area contributed by atoms with Crippen LogP contribution in [0.5, 0.6) is 5.75 Å². The molecule has 0 fully saturated rings. The summed E-state index contributed by atoms with van der Waals surface area (Å²) in [6.45, 7) is 0.467. The molecule has 3 nitrogen and oxygen atoms in total. The van der Waals surface area contributed by atoms with Gasteiger partial charge in [0.05, 0.1) is 4.47 Å². The van der Waals surface area contributed by atoms with Crippen molar-refractivity contribution >= 4 is 44.4 Å². The summed E-state index contributed by atoms with van der Waals surface area (Å²) in [4.78, 5) is 12.0. The van der Waals surface area contributed by atoms with Gasteiger partial charge in [-0.1, -0.05) is 48.5 Å². The van der Waals surface area contributed by atoms with Crippen molar-refractivity contribution in [2.45, 2.75) is 5.75 Å². The Morgan fingerprint density at radius 1 is 1.07 bits per heavy atom. The first-order valence-corrected chi connectivity index (χ1v) is 10.5. The molecule has 1 N–H and O–H groups in total. The normalized spacial score (nSPS) is 10.7. The topological polar surface area (TPSA) is 38.3 Å². The fraction of sp³-hybridized carbons (Fsp3) is 0.190. The van der Waals surface area contributed by atoms with Crippen molar-refractivity contribution in [1.82, 2.24) is 5.32 Å². The van der Waals surface area contributed by atoms with E-state index in [1.807, 2.05) is 42.5 Å². The first-order chi connectivity index (χ1) is 13.1. The zero-order chi connectivity index (χ0) is 19.1. The maximum atomic E-state index is 13.5. The Balaban J connectivity index is 1.40. The number of carbonyl (C=O) groups excluding carboxylic acids is 1. The van der Waals surface area contributed by atoms with Crippen molar-refractivity contribution in [2.75, 3.05) is 18.9 Å². The van der Waals surface area contributed by atoms with E-state index in [9.17, 15) is 9.18 Å². The first kappa shape index (κ1) is 19.7. The number of nitrogens with one attached hydrogen (secondary N) is 1. The van der Waals surface area contributed by atoms with E-state index in [2.05, 4.69) is 21.2 Å². The summed E-state index contributed by atoms with van der Waals surface area (Å²) in [5.74, 6) is 1.56. The maximum absolute atomic E-state index is 13.5. The minimum atomic E-state index is -0.191. The van der Waals surface area contributed by atoms with Crippen LogP contribution < -0.4 is 10.1 Å². The lowest BCUT2D eigenvalue weighted by molar-refractivity contribution is -0.122. The van der Waals surface area contributed by atoms with Gasteiger partial charge in [-0.3, -0.25) is 4.79 Å². The molecule has 3 rings (SSSR count). The number of carbonyl (C=O) groups is 1. The van der Waals surface area contributed by atoms with Crippen molar-refractivity contribution in [2.24, 2.45) is 0 Å². The Morgan fingerprint density at radius 2 is 1.85 bits per heavy atom. The molecule has 0 spiro atoms. The van der Waals surface area contributed by atoms with Crippen molar-refractivity contribution in [3.05, 3.63) is 76.5 Å². The quantitative estimate of drug-likeness (QED) is 0.484.